The number of nitrogens with one attached hydrogen (secondary N) is 2. The van der Waals surface area contributed by atoms with Crippen molar-refractivity contribution in [2.24, 2.45) is 4.99 Å². The van der Waals surface area contributed by atoms with Crippen molar-refractivity contribution in [3.05, 3.63) is 44.9 Å². The van der Waals surface area contributed by atoms with E-state index in [1.165, 1.54) is 9.88 Å². The Balaban J connectivity index is 0.00000338. The largest absolute Gasteiger partial charge is 0.496 e. The Morgan fingerprint density at radius 3 is 2.62 bits per heavy atom. The molecule has 1 heterocycles. The standard InChI is InChI=1S/C19H28N4OS.HI/c1-6-20-19(21-10-9-18-23-14(3)15(4)25-18)22-12-16-8-7-13(2)17(11-16)24-5;/h7-8,11H,6,9-10,12H2,1-5H3,(H2,20,21,22);1H. The maximum absolute atomic E-state index is 5.38. The van der Waals surface area contributed by atoms with E-state index in [1.54, 1.807) is 18.4 Å². The molecule has 26 heavy (non-hydrogen) atoms. The molecule has 0 radical (unpaired) electrons. The fourth-order valence-corrected chi connectivity index (χ4v) is 3.34. The molecular weight excluding hydrogens is 459 g/mol. The number of ether oxygens (including phenoxy) is 1. The Bertz CT molecular complexity index is 711. The summed E-state index contributed by atoms with van der Waals surface area (Å²) in [5.41, 5.74) is 3.40. The maximum Gasteiger partial charge on any atom is 0.191 e. The minimum atomic E-state index is 0. The lowest BCUT2D eigenvalue weighted by Gasteiger charge is -2.11. The van der Waals surface area contributed by atoms with Gasteiger partial charge in [-0.15, -0.1) is 35.3 Å². The molecule has 0 aliphatic rings. The Labute approximate surface area is 177 Å². The molecular formula is C19H29IN4OS. The molecule has 0 bridgehead atoms. The van der Waals surface area contributed by atoms with Gasteiger partial charge in [0.25, 0.3) is 0 Å². The molecule has 0 amide bonds. The lowest BCUT2D eigenvalue weighted by molar-refractivity contribution is 0.411. The molecule has 0 fully saturated rings. The average Bonchev–Trinajstić information content (AvgIpc) is 2.91. The fourth-order valence-electron chi connectivity index (χ4n) is 2.41. The van der Waals surface area contributed by atoms with Gasteiger partial charge >= 0.3 is 0 Å². The highest BCUT2D eigenvalue weighted by Crippen LogP contribution is 2.19. The van der Waals surface area contributed by atoms with Crippen molar-refractivity contribution in [2.75, 3.05) is 20.2 Å². The summed E-state index contributed by atoms with van der Waals surface area (Å²) < 4.78 is 5.38. The summed E-state index contributed by atoms with van der Waals surface area (Å²) >= 11 is 1.77. The number of benzene rings is 1. The maximum atomic E-state index is 5.38. The molecule has 2 rings (SSSR count). The number of hydrogen-bond acceptors (Lipinski definition) is 4. The van der Waals surface area contributed by atoms with Gasteiger partial charge in [-0.05, 0) is 44.9 Å². The summed E-state index contributed by atoms with van der Waals surface area (Å²) in [4.78, 5) is 10.5. The van der Waals surface area contributed by atoms with Gasteiger partial charge in [0.2, 0.25) is 0 Å². The molecule has 0 aliphatic carbocycles. The normalized spacial score (nSPS) is 11.0. The number of aryl methyl sites for hydroxylation is 3. The van der Waals surface area contributed by atoms with Crippen molar-refractivity contribution in [2.45, 2.75) is 40.7 Å². The van der Waals surface area contributed by atoms with Gasteiger partial charge in [-0.2, -0.15) is 0 Å². The number of aliphatic imine (C=N–C) groups is 1. The van der Waals surface area contributed by atoms with Gasteiger partial charge in [0.15, 0.2) is 5.96 Å². The van der Waals surface area contributed by atoms with Crippen LogP contribution in [0.2, 0.25) is 0 Å². The molecule has 0 saturated carbocycles. The third kappa shape index (κ3) is 6.75. The van der Waals surface area contributed by atoms with E-state index in [4.69, 9.17) is 4.74 Å². The van der Waals surface area contributed by atoms with Crippen LogP contribution in [0.1, 0.15) is 33.6 Å². The number of aromatic nitrogens is 1. The number of halogens is 1. The highest BCUT2D eigenvalue weighted by molar-refractivity contribution is 14.0. The molecule has 7 heteroatoms. The van der Waals surface area contributed by atoms with Gasteiger partial charge in [-0.3, -0.25) is 0 Å². The molecule has 0 atom stereocenters. The van der Waals surface area contributed by atoms with Gasteiger partial charge in [0.1, 0.15) is 5.75 Å². The summed E-state index contributed by atoms with van der Waals surface area (Å²) in [5.74, 6) is 1.73. The van der Waals surface area contributed by atoms with Crippen LogP contribution < -0.4 is 15.4 Å². The first-order chi connectivity index (χ1) is 12.0. The zero-order valence-corrected chi connectivity index (χ0v) is 19.3. The van der Waals surface area contributed by atoms with Crippen LogP contribution >= 0.6 is 35.3 Å². The lowest BCUT2D eigenvalue weighted by atomic mass is 10.1. The second-order valence-electron chi connectivity index (χ2n) is 5.93. The highest BCUT2D eigenvalue weighted by atomic mass is 127. The number of methoxy groups -OCH3 is 1. The van der Waals surface area contributed by atoms with E-state index in [0.717, 1.165) is 48.0 Å². The first-order valence-corrected chi connectivity index (χ1v) is 9.43. The van der Waals surface area contributed by atoms with Crippen LogP contribution in [0.4, 0.5) is 0 Å². The first kappa shape index (κ1) is 22.7. The third-order valence-electron chi connectivity index (χ3n) is 3.94. The molecule has 0 unspecified atom stereocenters. The minimum absolute atomic E-state index is 0. The van der Waals surface area contributed by atoms with E-state index >= 15 is 0 Å². The molecule has 1 aromatic heterocycles. The molecule has 0 saturated heterocycles. The summed E-state index contributed by atoms with van der Waals surface area (Å²) in [7, 11) is 1.70. The Morgan fingerprint density at radius 1 is 1.23 bits per heavy atom. The summed E-state index contributed by atoms with van der Waals surface area (Å²) in [6.07, 6.45) is 0.905. The predicted octanol–water partition coefficient (Wildman–Crippen LogP) is 3.99. The second kappa shape index (κ2) is 11.4. The number of guanidine groups is 1. The highest BCUT2D eigenvalue weighted by Gasteiger charge is 2.05. The molecule has 1 aromatic carbocycles. The molecule has 0 aliphatic heterocycles. The van der Waals surface area contributed by atoms with E-state index in [-0.39, 0.29) is 24.0 Å². The van der Waals surface area contributed by atoms with E-state index in [9.17, 15) is 0 Å². The van der Waals surface area contributed by atoms with Crippen molar-refractivity contribution >= 4 is 41.3 Å². The molecule has 0 spiro atoms. The van der Waals surface area contributed by atoms with E-state index < -0.39 is 0 Å². The van der Waals surface area contributed by atoms with Gasteiger partial charge < -0.3 is 15.4 Å². The van der Waals surface area contributed by atoms with Crippen LogP contribution in [-0.4, -0.2) is 31.1 Å². The lowest BCUT2D eigenvalue weighted by Crippen LogP contribution is -2.38. The van der Waals surface area contributed by atoms with Crippen molar-refractivity contribution in [3.8, 4) is 5.75 Å². The fraction of sp³-hybridized carbons (Fsp3) is 0.474. The van der Waals surface area contributed by atoms with Crippen LogP contribution in [-0.2, 0) is 13.0 Å². The van der Waals surface area contributed by atoms with Crippen molar-refractivity contribution in [1.29, 1.82) is 0 Å². The number of nitrogens with zero attached hydrogens (tertiary/aromatic N) is 2. The molecule has 144 valence electrons. The predicted molar refractivity (Wildman–Crippen MR) is 121 cm³/mol. The minimum Gasteiger partial charge on any atom is -0.496 e. The number of rotatable bonds is 7. The van der Waals surface area contributed by atoms with Crippen LogP contribution in [0.25, 0.3) is 0 Å². The zero-order chi connectivity index (χ0) is 18.2. The number of thiazole rings is 1. The average molecular weight is 488 g/mol. The SMILES string of the molecule is CCNC(=NCc1ccc(C)c(OC)c1)NCCc1nc(C)c(C)s1.I. The van der Waals surface area contributed by atoms with Crippen molar-refractivity contribution < 1.29 is 4.74 Å². The van der Waals surface area contributed by atoms with Crippen LogP contribution in [0.15, 0.2) is 23.2 Å². The molecule has 2 aromatic rings. The van der Waals surface area contributed by atoms with Crippen LogP contribution in [0.3, 0.4) is 0 Å². The van der Waals surface area contributed by atoms with E-state index in [1.807, 2.05) is 13.0 Å². The summed E-state index contributed by atoms with van der Waals surface area (Å²) in [6, 6.07) is 6.20. The van der Waals surface area contributed by atoms with E-state index in [0.29, 0.717) is 6.54 Å². The van der Waals surface area contributed by atoms with Crippen molar-refractivity contribution in [1.82, 2.24) is 15.6 Å². The number of hydrogen-bond donors (Lipinski definition) is 2. The summed E-state index contributed by atoms with van der Waals surface area (Å²) in [6.45, 7) is 10.5. The Morgan fingerprint density at radius 2 is 2.00 bits per heavy atom. The van der Waals surface area contributed by atoms with Gasteiger partial charge in [-0.1, -0.05) is 12.1 Å². The van der Waals surface area contributed by atoms with Crippen molar-refractivity contribution in [3.63, 3.8) is 0 Å². The zero-order valence-electron chi connectivity index (χ0n) is 16.2. The smallest absolute Gasteiger partial charge is 0.191 e. The van der Waals surface area contributed by atoms with Gasteiger partial charge in [-0.25, -0.2) is 9.98 Å². The monoisotopic (exact) mass is 488 g/mol. The van der Waals surface area contributed by atoms with E-state index in [2.05, 4.69) is 53.5 Å². The Kier molecular flexibility index (Phi) is 9.93. The third-order valence-corrected chi connectivity index (χ3v) is 5.07. The van der Waals surface area contributed by atoms with Gasteiger partial charge in [0.05, 0.1) is 24.4 Å². The molecule has 2 N–H and O–H groups in total. The summed E-state index contributed by atoms with van der Waals surface area (Å²) in [5, 5.41) is 7.84. The Hall–Kier alpha value is -1.35. The van der Waals surface area contributed by atoms with Gasteiger partial charge in [0, 0.05) is 24.4 Å². The van der Waals surface area contributed by atoms with Crippen LogP contribution in [0, 0.1) is 20.8 Å². The topological polar surface area (TPSA) is 58.5 Å². The quantitative estimate of drug-likeness (QED) is 0.352. The first-order valence-electron chi connectivity index (χ1n) is 8.62. The van der Waals surface area contributed by atoms with Crippen LogP contribution in [0.5, 0.6) is 5.75 Å². The second-order valence-corrected chi connectivity index (χ2v) is 7.21. The molecule has 5 nitrogen and oxygen atoms in total.